The van der Waals surface area contributed by atoms with Crippen LogP contribution in [-0.2, 0) is 32.7 Å². The van der Waals surface area contributed by atoms with Crippen molar-refractivity contribution in [3.8, 4) is 0 Å². The Labute approximate surface area is 193 Å². The topological polar surface area (TPSA) is 60.5 Å². The zero-order chi connectivity index (χ0) is 19.5. The maximum atomic E-state index is 12.9. The average molecular weight is 460 g/mol. The molecule has 0 aliphatic carbocycles. The molecule has 0 saturated carbocycles. The van der Waals surface area contributed by atoms with Crippen LogP contribution in [0, 0.1) is 11.7 Å². The first-order chi connectivity index (χ1) is 13.2. The van der Waals surface area contributed by atoms with Gasteiger partial charge in [-0.3, -0.25) is 0 Å². The Morgan fingerprint density at radius 2 is 1.93 bits per heavy atom. The molecule has 1 radical (unpaired) electrons. The molecule has 28 heavy (non-hydrogen) atoms. The van der Waals surface area contributed by atoms with Crippen molar-refractivity contribution in [2.75, 3.05) is 39.3 Å². The molecule has 0 aromatic heterocycles. The second-order valence-corrected chi connectivity index (χ2v) is 6.71. The van der Waals surface area contributed by atoms with Crippen molar-refractivity contribution in [1.29, 1.82) is 0 Å². The third kappa shape index (κ3) is 7.98. The van der Waals surface area contributed by atoms with Crippen LogP contribution >= 0.6 is 0 Å². The van der Waals surface area contributed by atoms with E-state index in [0.717, 1.165) is 56.2 Å². The van der Waals surface area contributed by atoms with Gasteiger partial charge in [0, 0.05) is 39.3 Å². The van der Waals surface area contributed by atoms with Gasteiger partial charge in [-0.2, -0.15) is 0 Å². The van der Waals surface area contributed by atoms with Gasteiger partial charge in [0.05, 0.1) is 6.61 Å². The Bertz CT molecular complexity index is 627. The predicted octanol–water partition coefficient (Wildman–Crippen LogP) is 4.27. The van der Waals surface area contributed by atoms with Gasteiger partial charge in [0.1, 0.15) is 5.82 Å². The van der Waals surface area contributed by atoms with Gasteiger partial charge in [-0.05, 0) is 36.6 Å². The number of rotatable bonds is 7. The Balaban J connectivity index is 0.000000307. The van der Waals surface area contributed by atoms with Crippen LogP contribution in [0.3, 0.4) is 0 Å². The Hall–Kier alpha value is -0.686. The minimum absolute atomic E-state index is 0. The van der Waals surface area contributed by atoms with Crippen molar-refractivity contribution in [1.82, 2.24) is 5.32 Å². The van der Waals surface area contributed by atoms with Crippen molar-refractivity contribution in [3.05, 3.63) is 82.7 Å². The van der Waals surface area contributed by atoms with Crippen molar-refractivity contribution in [3.63, 3.8) is 0 Å². The largest absolute Gasteiger partial charge is 0.662 e. The normalized spacial score (nSPS) is 21.4. The summed E-state index contributed by atoms with van der Waals surface area (Å²) in [5.41, 5.74) is 3.27. The summed E-state index contributed by atoms with van der Waals surface area (Å²) in [5, 5.41) is 20.4. The fourth-order valence-corrected chi connectivity index (χ4v) is 3.32. The first-order valence-electron chi connectivity index (χ1n) is 9.54. The number of hydrogen-bond donors (Lipinski definition) is 2. The van der Waals surface area contributed by atoms with Crippen LogP contribution in [0.15, 0.2) is 60.7 Å². The van der Waals surface area contributed by atoms with Gasteiger partial charge in [0.2, 0.25) is 0 Å². The third-order valence-electron chi connectivity index (χ3n) is 4.81. The summed E-state index contributed by atoms with van der Waals surface area (Å²) < 4.78 is 12.9. The number of aliphatic hydroxyl groups is 1. The Kier molecular flexibility index (Phi) is 13.0. The number of hydrogen-bond acceptors (Lipinski definition) is 2. The van der Waals surface area contributed by atoms with Crippen molar-refractivity contribution >= 4 is 0 Å². The van der Waals surface area contributed by atoms with E-state index < -0.39 is 0 Å². The van der Waals surface area contributed by atoms with Crippen LogP contribution in [-0.4, -0.2) is 44.4 Å². The molecule has 2 atom stereocenters. The molecule has 2 heterocycles. The first-order valence-corrected chi connectivity index (χ1v) is 9.54. The summed E-state index contributed by atoms with van der Waals surface area (Å²) in [6, 6.07) is 6.45. The summed E-state index contributed by atoms with van der Waals surface area (Å²) in [4.78, 5) is 0. The molecular formula is C22H30FN3OY-2. The summed E-state index contributed by atoms with van der Waals surface area (Å²) in [7, 11) is 0. The molecule has 0 bridgehead atoms. The van der Waals surface area contributed by atoms with E-state index in [1.54, 1.807) is 12.1 Å². The molecule has 151 valence electrons. The molecule has 2 N–H and O–H groups in total. The number of nitrogens with zero attached hydrogens (tertiary/aromatic N) is 2. The van der Waals surface area contributed by atoms with Crippen LogP contribution < -0.4 is 5.32 Å². The summed E-state index contributed by atoms with van der Waals surface area (Å²) in [6.45, 7) is 12.5. The smallest absolute Gasteiger partial charge is 0.123 e. The second kappa shape index (κ2) is 14.3. The average Bonchev–Trinajstić information content (AvgIpc) is 3.22. The molecule has 1 fully saturated rings. The van der Waals surface area contributed by atoms with Crippen molar-refractivity contribution in [2.24, 2.45) is 5.92 Å². The molecule has 0 spiro atoms. The first kappa shape index (κ1) is 25.4. The number of aliphatic hydroxyl groups excluding tert-OH is 1. The van der Waals surface area contributed by atoms with Crippen molar-refractivity contribution in [2.45, 2.75) is 18.9 Å². The van der Waals surface area contributed by atoms with Crippen LogP contribution in [0.5, 0.6) is 0 Å². The summed E-state index contributed by atoms with van der Waals surface area (Å²) in [6.07, 6.45) is 5.82. The monoisotopic (exact) mass is 460 g/mol. The van der Waals surface area contributed by atoms with Gasteiger partial charge >= 0.3 is 0 Å². The summed E-state index contributed by atoms with van der Waals surface area (Å²) >= 11 is 0. The molecule has 4 nitrogen and oxygen atoms in total. The zero-order valence-electron chi connectivity index (χ0n) is 16.5. The second-order valence-electron chi connectivity index (χ2n) is 6.71. The Morgan fingerprint density at radius 3 is 2.50 bits per heavy atom. The number of benzene rings is 1. The van der Waals surface area contributed by atoms with Gasteiger partial charge < -0.3 is 21.1 Å². The molecule has 1 saturated heterocycles. The molecule has 2 aliphatic rings. The van der Waals surface area contributed by atoms with Crippen LogP contribution in [0.25, 0.3) is 10.6 Å². The van der Waals surface area contributed by atoms with Crippen LogP contribution in [0.2, 0.25) is 0 Å². The van der Waals surface area contributed by atoms with Crippen LogP contribution in [0.1, 0.15) is 24.4 Å². The SMILES string of the molecule is C=CC1=C(C=C)[C@H](c2ccc(F)cc2)[N-]CC1.OCCNC[C@@H]1CC[N-]C1.[Y]. The number of halogens is 1. The Morgan fingerprint density at radius 1 is 1.18 bits per heavy atom. The molecule has 3 rings (SSSR count). The number of allylic oxidation sites excluding steroid dienone is 1. The minimum Gasteiger partial charge on any atom is -0.662 e. The van der Waals surface area contributed by atoms with Gasteiger partial charge in [-0.15, -0.1) is 19.6 Å². The maximum Gasteiger partial charge on any atom is 0.123 e. The molecule has 6 heteroatoms. The molecule has 1 aromatic rings. The molecule has 1 aromatic carbocycles. The van der Waals surface area contributed by atoms with Crippen molar-refractivity contribution < 1.29 is 42.2 Å². The maximum absolute atomic E-state index is 12.9. The van der Waals surface area contributed by atoms with Gasteiger partial charge in [-0.25, -0.2) is 4.39 Å². The van der Waals surface area contributed by atoms with Crippen LogP contribution in [0.4, 0.5) is 4.39 Å². The fourth-order valence-electron chi connectivity index (χ4n) is 3.32. The van der Waals surface area contributed by atoms with E-state index in [1.165, 1.54) is 24.1 Å². The third-order valence-corrected chi connectivity index (χ3v) is 4.81. The summed E-state index contributed by atoms with van der Waals surface area (Å²) in [5.74, 6) is 0.504. The molecular weight excluding hydrogens is 430 g/mol. The quantitative estimate of drug-likeness (QED) is 0.597. The van der Waals surface area contributed by atoms with E-state index in [4.69, 9.17) is 5.11 Å². The number of nitrogens with one attached hydrogen (secondary N) is 1. The molecule has 0 unspecified atom stereocenters. The standard InChI is InChI=1S/C15H15FN.C7H15N2O.Y/c1-3-11-9-10-17-15(14(11)4-2)12-5-7-13(16)8-6-12;10-4-3-9-6-7-1-2-8-5-7;/h3-8,15H,1-2,9-10H2;7,9-10H,1-6H2;/q2*-1;/t15-;7-;/m01./s1. The molecule has 0 amide bonds. The molecule has 2 aliphatic heterocycles. The minimum atomic E-state index is -0.224. The van der Waals surface area contributed by atoms with E-state index in [0.29, 0.717) is 0 Å². The van der Waals surface area contributed by atoms with E-state index >= 15 is 0 Å². The van der Waals surface area contributed by atoms with Gasteiger partial charge in [-0.1, -0.05) is 61.0 Å². The van der Waals surface area contributed by atoms with Gasteiger partial charge in [0.15, 0.2) is 0 Å². The van der Waals surface area contributed by atoms with Gasteiger partial charge in [0.25, 0.3) is 0 Å². The predicted molar refractivity (Wildman–Crippen MR) is 111 cm³/mol. The van der Waals surface area contributed by atoms with E-state index in [-0.39, 0.29) is 51.2 Å². The fraction of sp³-hybridized carbons (Fsp3) is 0.455. The van der Waals surface area contributed by atoms with E-state index in [9.17, 15) is 4.39 Å². The zero-order valence-corrected chi connectivity index (χ0v) is 19.3. The van der Waals surface area contributed by atoms with E-state index in [2.05, 4.69) is 29.1 Å². The van der Waals surface area contributed by atoms with E-state index in [1.807, 2.05) is 12.2 Å².